The van der Waals surface area contributed by atoms with Crippen molar-refractivity contribution in [2.75, 3.05) is 52.9 Å². The molecule has 0 fully saturated rings. The van der Waals surface area contributed by atoms with Crippen LogP contribution in [0.1, 0.15) is 134 Å². The van der Waals surface area contributed by atoms with E-state index in [-0.39, 0.29) is 61.5 Å². The number of ether oxygens (including phenoxy) is 12. The van der Waals surface area contributed by atoms with Crippen LogP contribution < -0.4 is 18.9 Å². The van der Waals surface area contributed by atoms with Gasteiger partial charge in [-0.2, -0.15) is 0 Å². The van der Waals surface area contributed by atoms with E-state index >= 15 is 0 Å². The second-order valence-corrected chi connectivity index (χ2v) is 32.5. The van der Waals surface area contributed by atoms with E-state index in [2.05, 4.69) is 74.8 Å². The Morgan fingerprint density at radius 3 is 0.801 bits per heavy atom. The maximum atomic E-state index is 14.7. The van der Waals surface area contributed by atoms with Crippen molar-refractivity contribution < 1.29 is 135 Å². The van der Waals surface area contributed by atoms with Crippen LogP contribution in [0.3, 0.4) is 0 Å². The van der Waals surface area contributed by atoms with Gasteiger partial charge in [0.25, 0.3) is 0 Å². The van der Waals surface area contributed by atoms with Gasteiger partial charge in [0, 0.05) is 24.3 Å². The molecule has 8 atom stereocenters. The third kappa shape index (κ3) is 21.6. The highest BCUT2D eigenvalue weighted by Crippen LogP contribution is 2.54. The minimum absolute atomic E-state index is 0.0803. The molecule has 136 heavy (non-hydrogen) atoms. The first kappa shape index (κ1) is 95.6. The van der Waals surface area contributed by atoms with E-state index in [1.165, 1.54) is 12.1 Å². The molecule has 694 valence electrons. The number of allylic oxidation sites excluding steroid dienone is 4. The molecule has 0 amide bonds. The summed E-state index contributed by atoms with van der Waals surface area (Å²) in [5.41, 5.74) is 7.17. The molecule has 0 saturated carbocycles. The first-order chi connectivity index (χ1) is 65.8. The van der Waals surface area contributed by atoms with Crippen LogP contribution in [0.4, 0.5) is 0 Å². The zero-order valence-electron chi connectivity index (χ0n) is 73.5. The molecule has 10 aromatic carbocycles. The standard InChI is InChI=1S/C108H94O28/c1-5-95(109)129-61-79(133-103(121)87-27-15-13-25-83(87)99(113)114)57-125-75-43-35-71(36-44-75)107(91-29-17-9-21-67(91)53-68-22-10-18-30-92(68)107)73-39-47-77(48-40-73)127-59-81(63-131-97(111)7-3)135-105(123)89-55-65(33-51-85(89)101(117)118)66-34-52-86(102(119)120)90(56-66)106(124)136-82(64-132-98(112)8-4)60-128-78-49-41-74(42-50-78)108(93-31-19-11-23-69(93)54-70-24-12-20-32-94(70)108)72-37-45-76(46-38-72)126-58-80(62-130-96(110)6-2)134-104(122)88-28-16-14-26-84(88)100(115)116/h5-24,29-52,55-56,79-84,87-88H,1-4,25-28,53-54,57-64H2,(H,113,114)(H,115,116)(H,117,118)(H,119,120). The fourth-order valence-corrected chi connectivity index (χ4v) is 17.6. The van der Waals surface area contributed by atoms with Crippen molar-refractivity contribution in [3.8, 4) is 34.1 Å². The molecule has 0 aliphatic heterocycles. The van der Waals surface area contributed by atoms with Crippen molar-refractivity contribution in [2.45, 2.75) is 73.8 Å². The van der Waals surface area contributed by atoms with Gasteiger partial charge < -0.3 is 77.3 Å². The first-order valence-corrected chi connectivity index (χ1v) is 43.6. The van der Waals surface area contributed by atoms with E-state index in [0.717, 1.165) is 115 Å². The van der Waals surface area contributed by atoms with Crippen LogP contribution in [0.25, 0.3) is 11.1 Å². The van der Waals surface area contributed by atoms with Crippen molar-refractivity contribution in [1.82, 2.24) is 0 Å². The zero-order valence-corrected chi connectivity index (χ0v) is 73.5. The predicted molar refractivity (Wildman–Crippen MR) is 492 cm³/mol. The molecule has 0 spiro atoms. The zero-order chi connectivity index (χ0) is 96.2. The molecule has 4 N–H and O–H groups in total. The van der Waals surface area contributed by atoms with Crippen molar-refractivity contribution in [3.05, 3.63) is 394 Å². The van der Waals surface area contributed by atoms with Gasteiger partial charge in [0.05, 0.1) is 56.8 Å². The Morgan fingerprint density at radius 2 is 0.551 bits per heavy atom. The highest BCUT2D eigenvalue weighted by Gasteiger charge is 2.47. The van der Waals surface area contributed by atoms with Crippen LogP contribution in [0.2, 0.25) is 0 Å². The molecule has 10 aromatic rings. The van der Waals surface area contributed by atoms with Crippen molar-refractivity contribution >= 4 is 71.6 Å². The number of hydrogen-bond donors (Lipinski definition) is 4. The van der Waals surface area contributed by atoms with Crippen LogP contribution in [-0.2, 0) is 99.9 Å². The maximum Gasteiger partial charge on any atom is 0.339 e. The molecular weight excluding hydrogens is 1750 g/mol. The second kappa shape index (κ2) is 43.7. The average molecular weight is 1840 g/mol. The van der Waals surface area contributed by atoms with E-state index in [9.17, 15) is 78.0 Å². The number of aromatic carboxylic acids is 2. The molecular formula is C108H94O28. The molecule has 0 heterocycles. The highest BCUT2D eigenvalue weighted by molar-refractivity contribution is 6.05. The Bertz CT molecular complexity index is 5830. The third-order valence-electron chi connectivity index (χ3n) is 24.1. The molecule has 0 bridgehead atoms. The Balaban J connectivity index is 0.685. The summed E-state index contributed by atoms with van der Waals surface area (Å²) in [6.07, 6.45) is 7.17. The van der Waals surface area contributed by atoms with Crippen LogP contribution in [-0.4, -0.2) is 169 Å². The lowest BCUT2D eigenvalue weighted by Crippen LogP contribution is -2.37. The molecule has 28 heteroatoms. The van der Waals surface area contributed by atoms with Gasteiger partial charge in [-0.3, -0.25) is 19.2 Å². The van der Waals surface area contributed by atoms with Crippen LogP contribution in [0.15, 0.2) is 305 Å². The van der Waals surface area contributed by atoms with E-state index < -0.39 is 192 Å². The molecule has 4 aliphatic carbocycles. The van der Waals surface area contributed by atoms with Crippen LogP contribution in [0.5, 0.6) is 23.0 Å². The molecule has 4 aliphatic rings. The van der Waals surface area contributed by atoms with Gasteiger partial charge in [-0.1, -0.05) is 208 Å². The number of carbonyl (C=O) groups is 12. The van der Waals surface area contributed by atoms with Gasteiger partial charge in [0.15, 0.2) is 24.4 Å². The number of benzene rings is 10. The van der Waals surface area contributed by atoms with Gasteiger partial charge in [0.2, 0.25) is 0 Å². The Morgan fingerprint density at radius 1 is 0.301 bits per heavy atom. The lowest BCUT2D eigenvalue weighted by atomic mass is 9.60. The summed E-state index contributed by atoms with van der Waals surface area (Å²) in [4.78, 5) is 157. The maximum absolute atomic E-state index is 14.7. The molecule has 8 unspecified atom stereocenters. The summed E-state index contributed by atoms with van der Waals surface area (Å²) in [7, 11) is 0. The van der Waals surface area contributed by atoms with Gasteiger partial charge in [-0.25, -0.2) is 38.4 Å². The monoisotopic (exact) mass is 1840 g/mol. The molecule has 28 nitrogen and oxygen atoms in total. The minimum atomic E-state index is -1.56. The molecule has 0 aromatic heterocycles. The number of carboxylic acids is 4. The Labute approximate surface area is 781 Å². The molecule has 14 rings (SSSR count). The number of fused-ring (bicyclic) bond motifs is 4. The predicted octanol–water partition coefficient (Wildman–Crippen LogP) is 15.4. The number of carboxylic acid groups (broad SMARTS) is 4. The first-order valence-electron chi connectivity index (χ1n) is 43.6. The van der Waals surface area contributed by atoms with E-state index in [4.69, 9.17) is 56.8 Å². The van der Waals surface area contributed by atoms with Gasteiger partial charge >= 0.3 is 71.6 Å². The summed E-state index contributed by atoms with van der Waals surface area (Å²) in [5.74, 6) is -15.5. The summed E-state index contributed by atoms with van der Waals surface area (Å²) in [6.45, 7) is 10.3. The summed E-state index contributed by atoms with van der Waals surface area (Å²) < 4.78 is 69.9. The van der Waals surface area contributed by atoms with E-state index in [1.807, 2.05) is 97.1 Å². The molecule has 0 radical (unpaired) electrons. The lowest BCUT2D eigenvalue weighted by molar-refractivity contribution is -0.167. The summed E-state index contributed by atoms with van der Waals surface area (Å²) in [6, 6.07) is 68.2. The number of carbonyl (C=O) groups excluding carboxylic acids is 8. The van der Waals surface area contributed by atoms with E-state index in [0.29, 0.717) is 24.3 Å². The Hall–Kier alpha value is -16.5. The Kier molecular flexibility index (Phi) is 30.7. The fraction of sp³-hybridized carbons (Fsp3) is 0.222. The van der Waals surface area contributed by atoms with Crippen molar-refractivity contribution in [3.63, 3.8) is 0 Å². The average Bonchev–Trinajstić information content (AvgIpc) is 0.710. The largest absolute Gasteiger partial charge is 0.490 e. The van der Waals surface area contributed by atoms with Gasteiger partial charge in [-0.15, -0.1) is 0 Å². The van der Waals surface area contributed by atoms with Crippen molar-refractivity contribution in [2.24, 2.45) is 23.7 Å². The molecule has 0 saturated heterocycles. The van der Waals surface area contributed by atoms with Crippen molar-refractivity contribution in [1.29, 1.82) is 0 Å². The summed E-state index contributed by atoms with van der Waals surface area (Å²) in [5, 5.41) is 41.0. The highest BCUT2D eigenvalue weighted by atomic mass is 16.6. The topological polar surface area (TPSA) is 397 Å². The SMILES string of the molecule is C=CC(=O)OCC(COc1ccc(C2(c3ccc(OCC(COC(=O)C=C)OC(=O)C4CC=CCC4C(=O)O)cc3)c3ccccc3Cc3ccccc32)cc1)OC(=O)c1cc(-c2ccc(C(=O)O)c(C(=O)OC(COC(=O)C=C)COc3ccc(C4(c5ccc(OCC(COC(=O)C=C)OC(=O)C6CC=CCC6C(=O)O)cc5)c5ccccc5Cc5ccccc54)cc3)c2)ccc1C(=O)O. The normalized spacial score (nSPS) is 16.4. The quantitative estimate of drug-likeness (QED) is 0.0120. The number of esters is 8. The number of hydrogen-bond acceptors (Lipinski definition) is 24. The van der Waals surface area contributed by atoms with Gasteiger partial charge in [0.1, 0.15) is 75.9 Å². The second-order valence-electron chi connectivity index (χ2n) is 32.5. The fourth-order valence-electron chi connectivity index (χ4n) is 17.6. The number of rotatable bonds is 41. The van der Waals surface area contributed by atoms with Gasteiger partial charge in [-0.05, 0) is 189 Å². The van der Waals surface area contributed by atoms with E-state index in [1.54, 1.807) is 72.8 Å². The number of aliphatic carboxylic acids is 2. The third-order valence-corrected chi connectivity index (χ3v) is 24.1. The smallest absolute Gasteiger partial charge is 0.339 e. The van der Waals surface area contributed by atoms with Crippen LogP contribution in [0, 0.1) is 23.7 Å². The summed E-state index contributed by atoms with van der Waals surface area (Å²) >= 11 is 0. The lowest BCUT2D eigenvalue weighted by Gasteiger charge is -2.42. The van der Waals surface area contributed by atoms with Crippen LogP contribution >= 0.6 is 0 Å². The minimum Gasteiger partial charge on any atom is -0.490 e.